The van der Waals surface area contributed by atoms with E-state index in [0.717, 1.165) is 0 Å². The number of guanidine groups is 1. The monoisotopic (exact) mass is 674 g/mol. The van der Waals surface area contributed by atoms with E-state index in [1.807, 2.05) is 0 Å². The highest BCUT2D eigenvalue weighted by molar-refractivity contribution is 7.50. The lowest BCUT2D eigenvalue weighted by Gasteiger charge is -2.33. The summed E-state index contributed by atoms with van der Waals surface area (Å²) < 4.78 is 50.1. The molecule has 3 fully saturated rings. The Morgan fingerprint density at radius 1 is 0.933 bits per heavy atom. The zero-order valence-electron chi connectivity index (χ0n) is 22.7. The van der Waals surface area contributed by atoms with Crippen molar-refractivity contribution in [2.24, 2.45) is 15.7 Å². The Balaban J connectivity index is 1.13. The summed E-state index contributed by atoms with van der Waals surface area (Å²) in [6, 6.07) is -3.78. The second-order valence-electron chi connectivity index (χ2n) is 10.7. The van der Waals surface area contributed by atoms with Gasteiger partial charge in [-0.25, -0.2) is 39.2 Å². The molecular formula is C20H28N12O11P2. The third-order valence-corrected chi connectivity index (χ3v) is 10.1. The van der Waals surface area contributed by atoms with E-state index in [-0.39, 0.29) is 22.9 Å². The van der Waals surface area contributed by atoms with Crippen molar-refractivity contribution in [3.63, 3.8) is 0 Å². The Bertz CT molecular complexity index is 1680. The highest BCUT2D eigenvalue weighted by atomic mass is 31.2. The Morgan fingerprint density at radius 2 is 1.56 bits per heavy atom. The lowest BCUT2D eigenvalue weighted by atomic mass is 10.1. The van der Waals surface area contributed by atoms with E-state index in [9.17, 15) is 33.9 Å². The smallest absolute Gasteiger partial charge is 0.387 e. The number of carbonyl (C=O) groups is 1. The molecule has 1 amide bonds. The van der Waals surface area contributed by atoms with Crippen molar-refractivity contribution >= 4 is 50.7 Å². The van der Waals surface area contributed by atoms with E-state index in [1.54, 1.807) is 0 Å². The van der Waals surface area contributed by atoms with E-state index in [4.69, 9.17) is 30.0 Å². The Labute approximate surface area is 251 Å². The van der Waals surface area contributed by atoms with Crippen molar-refractivity contribution in [3.05, 3.63) is 12.7 Å². The van der Waals surface area contributed by atoms with Crippen LogP contribution >= 0.6 is 15.5 Å². The molecule has 11 N–H and O–H groups in total. The van der Waals surface area contributed by atoms with Crippen LogP contribution in [0, 0.1) is 0 Å². The van der Waals surface area contributed by atoms with Crippen LogP contribution in [-0.2, 0) is 32.4 Å². The predicted octanol–water partition coefficient (Wildman–Crippen LogP) is -4.60. The number of nitrogen functional groups attached to an aromatic ring is 1. The highest BCUT2D eigenvalue weighted by Crippen LogP contribution is 2.47. The van der Waals surface area contributed by atoms with E-state index >= 15 is 0 Å². The molecule has 7 heterocycles. The average Bonchev–Trinajstić information content (AvgIpc) is 3.72. The minimum Gasteiger partial charge on any atom is -0.387 e. The second-order valence-corrected chi connectivity index (χ2v) is 13.8. The fraction of sp³-hybridized carbons (Fsp3) is 0.600. The third-order valence-electron chi connectivity index (χ3n) is 7.90. The van der Waals surface area contributed by atoms with Crippen molar-refractivity contribution in [1.82, 2.24) is 39.9 Å². The lowest BCUT2D eigenvalue weighted by Crippen LogP contribution is -2.57. The summed E-state index contributed by atoms with van der Waals surface area (Å²) in [6.45, 7) is -1.38. The number of carbonyl (C=O) groups excluding carboxylic acids is 1. The van der Waals surface area contributed by atoms with Gasteiger partial charge in [0, 0.05) is 0 Å². The number of anilines is 1. The van der Waals surface area contributed by atoms with Gasteiger partial charge in [0.15, 0.2) is 42.1 Å². The van der Waals surface area contributed by atoms with Gasteiger partial charge in [-0.05, 0) is 0 Å². The van der Waals surface area contributed by atoms with Crippen LogP contribution in [0.2, 0.25) is 0 Å². The van der Waals surface area contributed by atoms with Crippen LogP contribution in [0.5, 0.6) is 0 Å². The topological polar surface area (TPSA) is 329 Å². The molecule has 25 heteroatoms. The number of amides is 1. The van der Waals surface area contributed by atoms with Crippen molar-refractivity contribution in [2.75, 3.05) is 18.9 Å². The molecule has 7 rings (SSSR count). The zero-order chi connectivity index (χ0) is 31.8. The SMILES string of the molecule is NC1=NC2C(N=CN2[C@@H]2O[C@@H]3COP(=O)(O)N[C@H]4[C@@H](O)[C@H](n5cnc6c(N)ncnc65)O[C@@H]4COP(=O)(O)N[C@H]3[C@H]2O)C(=O)N1. The average molecular weight is 674 g/mol. The second kappa shape index (κ2) is 11.0. The molecule has 2 aromatic rings. The third kappa shape index (κ3) is 5.39. The minimum absolute atomic E-state index is 0.0647. The molecule has 0 saturated carbocycles. The molecule has 0 spiro atoms. The first-order chi connectivity index (χ1) is 21.3. The molecule has 0 aromatic carbocycles. The molecule has 0 radical (unpaired) electrons. The van der Waals surface area contributed by atoms with Gasteiger partial charge in [0.1, 0.15) is 36.3 Å². The number of aromatic nitrogens is 4. The molecule has 23 nitrogen and oxygen atoms in total. The van der Waals surface area contributed by atoms with E-state index in [1.165, 1.54) is 28.5 Å². The first-order valence-electron chi connectivity index (χ1n) is 13.4. The first kappa shape index (κ1) is 30.5. The molecule has 3 saturated heterocycles. The maximum Gasteiger partial charge on any atom is 0.403 e. The number of rotatable bonds is 2. The van der Waals surface area contributed by atoms with Crippen LogP contribution < -0.4 is 27.0 Å². The molecule has 12 atom stereocenters. The molecule has 2 aromatic heterocycles. The normalized spacial score (nSPS) is 43.6. The van der Waals surface area contributed by atoms with Crippen LogP contribution in [-0.4, -0.2) is 131 Å². The number of hydrogen-bond acceptors (Lipinski definition) is 17. The van der Waals surface area contributed by atoms with Crippen molar-refractivity contribution < 1.29 is 52.4 Å². The van der Waals surface area contributed by atoms with Crippen LogP contribution in [0.3, 0.4) is 0 Å². The summed E-state index contributed by atoms with van der Waals surface area (Å²) in [6.07, 6.45) is -5.69. The van der Waals surface area contributed by atoms with Gasteiger partial charge in [-0.2, -0.15) is 0 Å². The quantitative estimate of drug-likeness (QED) is 0.135. The van der Waals surface area contributed by atoms with Gasteiger partial charge >= 0.3 is 15.5 Å². The molecule has 0 aliphatic carbocycles. The van der Waals surface area contributed by atoms with Crippen LogP contribution in [0.15, 0.2) is 22.6 Å². The van der Waals surface area contributed by atoms with E-state index < -0.39 is 95.8 Å². The molecule has 244 valence electrons. The number of imidazole rings is 1. The zero-order valence-corrected chi connectivity index (χ0v) is 24.5. The number of nitrogens with zero attached hydrogens (tertiary/aromatic N) is 7. The van der Waals surface area contributed by atoms with Crippen molar-refractivity contribution in [3.8, 4) is 0 Å². The van der Waals surface area contributed by atoms with E-state index in [0.29, 0.717) is 0 Å². The van der Waals surface area contributed by atoms with Gasteiger partial charge in [0.2, 0.25) is 0 Å². The number of aliphatic hydroxyl groups excluding tert-OH is 2. The summed E-state index contributed by atoms with van der Waals surface area (Å²) >= 11 is 0. The highest BCUT2D eigenvalue weighted by Gasteiger charge is 2.55. The Kier molecular flexibility index (Phi) is 7.43. The maximum atomic E-state index is 13.2. The maximum absolute atomic E-state index is 13.2. The number of nitrogens with two attached hydrogens (primary N) is 2. The van der Waals surface area contributed by atoms with Crippen molar-refractivity contribution in [2.45, 2.75) is 61.2 Å². The molecular weight excluding hydrogens is 646 g/mol. The Hall–Kier alpha value is -3.18. The predicted molar refractivity (Wildman–Crippen MR) is 147 cm³/mol. The van der Waals surface area contributed by atoms with E-state index in [2.05, 4.69) is 40.4 Å². The number of aliphatic hydroxyl groups is 2. The number of aliphatic imine (C=N–C) groups is 2. The summed E-state index contributed by atoms with van der Waals surface area (Å²) in [5, 5.41) is 29.4. The van der Waals surface area contributed by atoms with Gasteiger partial charge in [0.05, 0.1) is 38.0 Å². The van der Waals surface area contributed by atoms with Crippen LogP contribution in [0.1, 0.15) is 6.23 Å². The van der Waals surface area contributed by atoms with Gasteiger partial charge in [-0.15, -0.1) is 0 Å². The molecule has 4 unspecified atom stereocenters. The molecule has 5 aliphatic heterocycles. The summed E-state index contributed by atoms with van der Waals surface area (Å²) in [7, 11) is -9.53. The van der Waals surface area contributed by atoms with Gasteiger partial charge in [-0.1, -0.05) is 0 Å². The minimum atomic E-state index is -4.77. The standard InChI is InChI=1S/C20H28N12O11P2/c21-14-10-15(24-3-23-14)31(4-25-10)18-12(33)8-6(42-18)1-40-45(38,39)30-9-7(2-41-44(36,37)29-8)43-19(13(9)34)32-5-26-11-16(32)27-20(22)28-17(11)35/h3-9,11-13,16,18-19,33-34H,1-2H2,(H2,21,23,24)(H2,29,36,37)(H2,30,38,39)(H3,22,27,28,35)/t6-,7-,8-,9-,11?,12-,13-,16?,18-,19-/m1/s1. The first-order valence-corrected chi connectivity index (χ1v) is 16.5. The Morgan fingerprint density at radius 3 is 2.22 bits per heavy atom. The lowest BCUT2D eigenvalue weighted by molar-refractivity contribution is -0.124. The van der Waals surface area contributed by atoms with Gasteiger partial charge in [-0.3, -0.25) is 28.7 Å². The van der Waals surface area contributed by atoms with Gasteiger partial charge < -0.3 is 45.8 Å². The summed E-state index contributed by atoms with van der Waals surface area (Å²) in [4.78, 5) is 55.4. The summed E-state index contributed by atoms with van der Waals surface area (Å²) in [5.74, 6) is -0.661. The summed E-state index contributed by atoms with van der Waals surface area (Å²) in [5.41, 5.74) is 11.9. The number of fused-ring (bicyclic) bond motifs is 4. The fourth-order valence-corrected chi connectivity index (χ4v) is 8.05. The fourth-order valence-electron chi connectivity index (χ4n) is 5.81. The number of ether oxygens (including phenoxy) is 2. The van der Waals surface area contributed by atoms with Crippen LogP contribution in [0.25, 0.3) is 11.2 Å². The van der Waals surface area contributed by atoms with Gasteiger partial charge in [0.25, 0.3) is 5.91 Å². The van der Waals surface area contributed by atoms with Crippen molar-refractivity contribution in [1.29, 1.82) is 0 Å². The number of hydrogen-bond donors (Lipinski definition) is 9. The molecule has 5 aliphatic rings. The number of nitrogens with one attached hydrogen (secondary N) is 3. The molecule has 0 bridgehead atoms. The molecule has 45 heavy (non-hydrogen) atoms. The largest absolute Gasteiger partial charge is 0.403 e. The van der Waals surface area contributed by atoms with Crippen LogP contribution in [0.4, 0.5) is 5.82 Å².